The van der Waals surface area contributed by atoms with Crippen LogP contribution in [0.15, 0.2) is 17.4 Å². The van der Waals surface area contributed by atoms with E-state index in [-0.39, 0.29) is 0 Å². The molecule has 0 radical (unpaired) electrons. The summed E-state index contributed by atoms with van der Waals surface area (Å²) in [5.41, 5.74) is 0. The van der Waals surface area contributed by atoms with Crippen LogP contribution in [0.5, 0.6) is 0 Å². The van der Waals surface area contributed by atoms with Gasteiger partial charge in [-0.3, -0.25) is 4.68 Å². The van der Waals surface area contributed by atoms with Gasteiger partial charge in [-0.1, -0.05) is 5.21 Å². The molecule has 0 atom stereocenters. The van der Waals surface area contributed by atoms with Gasteiger partial charge in [0, 0.05) is 6.20 Å². The molecule has 1 aromatic heterocycles. The van der Waals surface area contributed by atoms with E-state index in [2.05, 4.69) is 32.7 Å². The molecule has 1 aromatic rings. The van der Waals surface area contributed by atoms with Crippen molar-refractivity contribution in [3.05, 3.63) is 12.4 Å². The maximum Gasteiger partial charge on any atom is 0.0692 e. The van der Waals surface area contributed by atoms with Gasteiger partial charge in [0.05, 0.1) is 24.4 Å². The summed E-state index contributed by atoms with van der Waals surface area (Å²) in [6, 6.07) is 0. The molecule has 0 bridgehead atoms. The van der Waals surface area contributed by atoms with Gasteiger partial charge in [-0.25, -0.2) is 4.99 Å². The molecule has 52 valence electrons. The molecule has 5 heteroatoms. The van der Waals surface area contributed by atoms with Gasteiger partial charge >= 0.3 is 0 Å². The number of thiocarbonyl (C=S) groups is 1. The molecular weight excluding hydrogens is 148 g/mol. The van der Waals surface area contributed by atoms with Crippen LogP contribution < -0.4 is 0 Å². The van der Waals surface area contributed by atoms with Crippen molar-refractivity contribution in [2.45, 2.75) is 6.54 Å². The molecule has 0 aliphatic carbocycles. The highest BCUT2D eigenvalue weighted by molar-refractivity contribution is 7.78. The molecule has 0 N–H and O–H groups in total. The van der Waals surface area contributed by atoms with Crippen LogP contribution in [0.25, 0.3) is 0 Å². The first-order valence-electron chi connectivity index (χ1n) is 2.81. The minimum absolute atomic E-state index is 0.618. The standard InChI is InChI=1S/C5H6N4S/c10-5-6-1-3-9-4-2-7-8-9/h2,4H,1,3H2. The van der Waals surface area contributed by atoms with Crippen LogP contribution in [0.4, 0.5) is 0 Å². The molecule has 0 aliphatic rings. The molecule has 0 saturated heterocycles. The lowest BCUT2D eigenvalue weighted by Gasteiger charge is -1.91. The Balaban J connectivity index is 2.34. The first kappa shape index (κ1) is 7.05. The Kier molecular flexibility index (Phi) is 2.73. The fourth-order valence-corrected chi connectivity index (χ4v) is 0.641. The second kappa shape index (κ2) is 3.87. The molecular formula is C5H6N4S. The van der Waals surface area contributed by atoms with Crippen molar-refractivity contribution in [3.8, 4) is 0 Å². The molecule has 0 aliphatic heterocycles. The number of rotatable bonds is 3. The molecule has 0 unspecified atom stereocenters. The van der Waals surface area contributed by atoms with Gasteiger partial charge in [0.1, 0.15) is 0 Å². The second-order valence-corrected chi connectivity index (χ2v) is 1.82. The average Bonchev–Trinajstić information content (AvgIpc) is 2.41. The summed E-state index contributed by atoms with van der Waals surface area (Å²) in [6.45, 7) is 1.33. The van der Waals surface area contributed by atoms with Crippen LogP contribution in [0.1, 0.15) is 0 Å². The molecule has 0 spiro atoms. The highest BCUT2D eigenvalue weighted by Gasteiger charge is 1.86. The number of aromatic nitrogens is 3. The predicted octanol–water partition coefficient (Wildman–Crippen LogP) is 0.381. The van der Waals surface area contributed by atoms with Gasteiger partial charge in [0.25, 0.3) is 0 Å². The van der Waals surface area contributed by atoms with Crippen molar-refractivity contribution < 1.29 is 0 Å². The summed E-state index contributed by atoms with van der Waals surface area (Å²) in [4.78, 5) is 3.72. The molecule has 1 heterocycles. The van der Waals surface area contributed by atoms with Gasteiger partial charge in [0.15, 0.2) is 0 Å². The van der Waals surface area contributed by atoms with E-state index in [1.54, 1.807) is 17.1 Å². The normalized spacial score (nSPS) is 8.80. The minimum Gasteiger partial charge on any atom is -0.251 e. The maximum absolute atomic E-state index is 4.38. The number of nitrogens with zero attached hydrogens (tertiary/aromatic N) is 4. The highest BCUT2D eigenvalue weighted by atomic mass is 32.1. The van der Waals surface area contributed by atoms with Gasteiger partial charge < -0.3 is 0 Å². The summed E-state index contributed by atoms with van der Waals surface area (Å²) in [5, 5.41) is 9.64. The van der Waals surface area contributed by atoms with Crippen LogP contribution in [0, 0.1) is 0 Å². The zero-order chi connectivity index (χ0) is 7.23. The van der Waals surface area contributed by atoms with Crippen LogP contribution >= 0.6 is 12.2 Å². The smallest absolute Gasteiger partial charge is 0.0692 e. The molecule has 0 fully saturated rings. The first-order chi connectivity index (χ1) is 4.93. The van der Waals surface area contributed by atoms with E-state index in [4.69, 9.17) is 0 Å². The van der Waals surface area contributed by atoms with E-state index in [1.165, 1.54) is 0 Å². The molecule has 4 nitrogen and oxygen atoms in total. The molecule has 10 heavy (non-hydrogen) atoms. The third-order valence-electron chi connectivity index (χ3n) is 0.977. The van der Waals surface area contributed by atoms with Crippen LogP contribution in [0.3, 0.4) is 0 Å². The predicted molar refractivity (Wildman–Crippen MR) is 39.9 cm³/mol. The second-order valence-electron chi connectivity index (χ2n) is 1.64. The van der Waals surface area contributed by atoms with Gasteiger partial charge in [0.2, 0.25) is 0 Å². The summed E-state index contributed by atoms with van der Waals surface area (Å²) >= 11 is 4.38. The van der Waals surface area contributed by atoms with Crippen molar-refractivity contribution in [2.75, 3.05) is 6.54 Å². The highest BCUT2D eigenvalue weighted by Crippen LogP contribution is 1.80. The van der Waals surface area contributed by atoms with Gasteiger partial charge in [-0.2, -0.15) is 0 Å². The van der Waals surface area contributed by atoms with Crippen LogP contribution in [-0.4, -0.2) is 26.7 Å². The monoisotopic (exact) mass is 154 g/mol. The van der Waals surface area contributed by atoms with E-state index in [0.29, 0.717) is 13.1 Å². The van der Waals surface area contributed by atoms with Crippen molar-refractivity contribution in [1.29, 1.82) is 0 Å². The average molecular weight is 154 g/mol. The van der Waals surface area contributed by atoms with Crippen molar-refractivity contribution >= 4 is 17.4 Å². The third-order valence-corrected chi connectivity index (χ3v) is 1.11. The lowest BCUT2D eigenvalue weighted by atomic mass is 10.6. The Morgan fingerprint density at radius 2 is 2.60 bits per heavy atom. The van der Waals surface area contributed by atoms with E-state index in [9.17, 15) is 0 Å². The lowest BCUT2D eigenvalue weighted by Crippen LogP contribution is -2.01. The van der Waals surface area contributed by atoms with Crippen LogP contribution in [-0.2, 0) is 6.54 Å². The molecule has 0 amide bonds. The summed E-state index contributed by atoms with van der Waals surface area (Å²) in [5.74, 6) is 0. The lowest BCUT2D eigenvalue weighted by molar-refractivity contribution is 0.600. The Morgan fingerprint density at radius 1 is 1.70 bits per heavy atom. The summed E-state index contributed by atoms with van der Waals surface area (Å²) < 4.78 is 1.69. The maximum atomic E-state index is 4.38. The largest absolute Gasteiger partial charge is 0.251 e. The molecule has 1 rings (SSSR count). The third kappa shape index (κ3) is 2.05. The number of aliphatic imine (C=N–C) groups is 1. The van der Waals surface area contributed by atoms with Gasteiger partial charge in [-0.05, 0) is 12.2 Å². The Labute approximate surface area is 63.6 Å². The Bertz CT molecular complexity index is 224. The molecule has 0 saturated carbocycles. The Hall–Kier alpha value is -1.06. The van der Waals surface area contributed by atoms with Crippen LogP contribution in [0.2, 0.25) is 0 Å². The van der Waals surface area contributed by atoms with E-state index in [1.807, 2.05) is 0 Å². The SMILES string of the molecule is S=C=NCCn1ccnn1. The molecule has 0 aromatic carbocycles. The fraction of sp³-hybridized carbons (Fsp3) is 0.400. The van der Waals surface area contributed by atoms with Gasteiger partial charge in [-0.15, -0.1) is 5.10 Å². The van der Waals surface area contributed by atoms with Crippen molar-refractivity contribution in [1.82, 2.24) is 15.0 Å². The summed E-state index contributed by atoms with van der Waals surface area (Å²) in [7, 11) is 0. The number of hydrogen-bond acceptors (Lipinski definition) is 4. The topological polar surface area (TPSA) is 43.1 Å². The number of isothiocyanates is 1. The number of hydrogen-bond donors (Lipinski definition) is 0. The Morgan fingerprint density at radius 3 is 3.20 bits per heavy atom. The first-order valence-corrected chi connectivity index (χ1v) is 3.22. The summed E-state index contributed by atoms with van der Waals surface area (Å²) in [6.07, 6.45) is 3.40. The zero-order valence-corrected chi connectivity index (χ0v) is 6.08. The zero-order valence-electron chi connectivity index (χ0n) is 5.27. The van der Waals surface area contributed by atoms with E-state index in [0.717, 1.165) is 0 Å². The quantitative estimate of drug-likeness (QED) is 0.467. The minimum atomic E-state index is 0.618. The fourth-order valence-electron chi connectivity index (χ4n) is 0.550. The van der Waals surface area contributed by atoms with Crippen molar-refractivity contribution in [3.63, 3.8) is 0 Å². The van der Waals surface area contributed by atoms with E-state index >= 15 is 0 Å². The van der Waals surface area contributed by atoms with Crippen molar-refractivity contribution in [2.24, 2.45) is 4.99 Å². The van der Waals surface area contributed by atoms with E-state index < -0.39 is 0 Å².